The zero-order chi connectivity index (χ0) is 9.68. The van der Waals surface area contributed by atoms with Crippen LogP contribution in [0.3, 0.4) is 0 Å². The summed E-state index contributed by atoms with van der Waals surface area (Å²) in [6, 6.07) is 3.53. The second-order valence-corrected chi connectivity index (χ2v) is 2.19. The average molecular weight is 182 g/mol. The number of carbonyl (C=O) groups excluding carboxylic acids is 1. The van der Waals surface area contributed by atoms with Gasteiger partial charge < -0.3 is 10.1 Å². The third-order valence-corrected chi connectivity index (χ3v) is 1.39. The molecule has 4 nitrogen and oxygen atoms in total. The molecule has 1 aromatic heterocycles. The van der Waals surface area contributed by atoms with Crippen molar-refractivity contribution in [2.45, 2.75) is 13.8 Å². The number of hydrogen-bond donors (Lipinski definition) is 1. The lowest BCUT2D eigenvalue weighted by Crippen LogP contribution is -2.25. The molecule has 0 spiro atoms. The van der Waals surface area contributed by atoms with Crippen molar-refractivity contribution in [1.29, 1.82) is 0 Å². The number of anilines is 1. The van der Waals surface area contributed by atoms with E-state index in [0.29, 0.717) is 11.6 Å². The molecular formula is C9H14N2O2. The number of pyridine rings is 1. The zero-order valence-electron chi connectivity index (χ0n) is 7.70. The van der Waals surface area contributed by atoms with Gasteiger partial charge in [-0.2, -0.15) is 0 Å². The third kappa shape index (κ3) is 2.18. The summed E-state index contributed by atoms with van der Waals surface area (Å²) in [5.74, 6) is 0.979. The maximum atomic E-state index is 10.7. The topological polar surface area (TPSA) is 51.2 Å². The predicted octanol–water partition coefficient (Wildman–Crippen LogP) is 1.68. The van der Waals surface area contributed by atoms with Crippen LogP contribution in [-0.2, 0) is 4.79 Å². The lowest BCUT2D eigenvalue weighted by Gasteiger charge is -2.15. The fourth-order valence-corrected chi connectivity index (χ4v) is 0.912. The molecule has 1 amide bonds. The van der Waals surface area contributed by atoms with Crippen LogP contribution in [0.4, 0.5) is 5.82 Å². The maximum Gasteiger partial charge on any atom is 0.263 e. The number of amides is 1. The Morgan fingerprint density at radius 2 is 2.38 bits per heavy atom. The first kappa shape index (κ1) is 9.51. The summed E-state index contributed by atoms with van der Waals surface area (Å²) in [6.45, 7) is 4.08. The molecule has 0 aliphatic carbocycles. The van der Waals surface area contributed by atoms with E-state index in [2.05, 4.69) is 10.3 Å². The molecule has 2 heterocycles. The average Bonchev–Trinajstić information content (AvgIpc) is 2.21. The first-order valence-corrected chi connectivity index (χ1v) is 4.24. The van der Waals surface area contributed by atoms with Crippen molar-refractivity contribution >= 4 is 11.7 Å². The summed E-state index contributed by atoms with van der Waals surface area (Å²) in [5, 5.41) is 2.58. The molecular weight excluding hydrogens is 168 g/mol. The second-order valence-electron chi connectivity index (χ2n) is 2.19. The maximum absolute atomic E-state index is 10.7. The highest BCUT2D eigenvalue weighted by molar-refractivity contribution is 5.94. The SMILES string of the molecule is CC.O=C1COc2cccnc2N1.[HH]. The number of nitrogens with one attached hydrogen (secondary N) is 1. The van der Waals surface area contributed by atoms with Gasteiger partial charge in [-0.15, -0.1) is 0 Å². The summed E-state index contributed by atoms with van der Waals surface area (Å²) >= 11 is 0. The summed E-state index contributed by atoms with van der Waals surface area (Å²) in [6.07, 6.45) is 1.60. The van der Waals surface area contributed by atoms with Crippen LogP contribution in [0.1, 0.15) is 15.3 Å². The normalized spacial score (nSPS) is 12.9. The van der Waals surface area contributed by atoms with Crippen LogP contribution in [0.5, 0.6) is 5.75 Å². The molecule has 1 aromatic rings. The van der Waals surface area contributed by atoms with E-state index in [4.69, 9.17) is 4.74 Å². The first-order valence-electron chi connectivity index (χ1n) is 4.24. The number of fused-ring (bicyclic) bond motifs is 1. The number of rotatable bonds is 0. The Kier molecular flexibility index (Phi) is 3.25. The molecule has 13 heavy (non-hydrogen) atoms. The largest absolute Gasteiger partial charge is 0.480 e. The minimum Gasteiger partial charge on any atom is -0.480 e. The molecule has 0 unspecified atom stereocenters. The molecule has 0 atom stereocenters. The molecule has 2 rings (SSSR count). The Labute approximate surface area is 78.4 Å². The van der Waals surface area contributed by atoms with E-state index in [1.54, 1.807) is 18.3 Å². The van der Waals surface area contributed by atoms with Crippen LogP contribution in [0.15, 0.2) is 18.3 Å². The Bertz CT molecular complexity index is 305. The quantitative estimate of drug-likeness (QED) is 0.664. The Hall–Kier alpha value is -1.58. The van der Waals surface area contributed by atoms with Gasteiger partial charge in [0.25, 0.3) is 5.91 Å². The lowest BCUT2D eigenvalue weighted by molar-refractivity contribution is -0.118. The molecule has 0 bridgehead atoms. The van der Waals surface area contributed by atoms with Gasteiger partial charge in [0.1, 0.15) is 0 Å². The molecule has 0 fully saturated rings. The Morgan fingerprint density at radius 1 is 1.62 bits per heavy atom. The van der Waals surface area contributed by atoms with Gasteiger partial charge in [-0.05, 0) is 12.1 Å². The van der Waals surface area contributed by atoms with Gasteiger partial charge in [0.05, 0.1) is 0 Å². The molecule has 4 heteroatoms. The molecule has 0 radical (unpaired) electrons. The Morgan fingerprint density at radius 3 is 3.15 bits per heavy atom. The number of nitrogens with zero attached hydrogens (tertiary/aromatic N) is 1. The number of aromatic nitrogens is 1. The van der Waals surface area contributed by atoms with Crippen molar-refractivity contribution in [3.8, 4) is 5.75 Å². The third-order valence-electron chi connectivity index (χ3n) is 1.39. The van der Waals surface area contributed by atoms with Crippen LogP contribution in [0.2, 0.25) is 0 Å². The number of hydrogen-bond acceptors (Lipinski definition) is 3. The molecule has 0 aromatic carbocycles. The van der Waals surface area contributed by atoms with Crippen molar-refractivity contribution < 1.29 is 11.0 Å². The highest BCUT2D eigenvalue weighted by atomic mass is 16.5. The highest BCUT2D eigenvalue weighted by Crippen LogP contribution is 2.23. The smallest absolute Gasteiger partial charge is 0.263 e. The summed E-state index contributed by atoms with van der Waals surface area (Å²) < 4.78 is 5.06. The molecule has 1 aliphatic heterocycles. The van der Waals surface area contributed by atoms with Gasteiger partial charge >= 0.3 is 0 Å². The van der Waals surface area contributed by atoms with Gasteiger partial charge in [0.2, 0.25) is 0 Å². The van der Waals surface area contributed by atoms with Crippen molar-refractivity contribution in [3.05, 3.63) is 18.3 Å². The molecule has 1 N–H and O–H groups in total. The van der Waals surface area contributed by atoms with Gasteiger partial charge in [-0.25, -0.2) is 4.98 Å². The first-order chi connectivity index (χ1) is 6.36. The molecule has 72 valence electrons. The fourth-order valence-electron chi connectivity index (χ4n) is 0.912. The van der Waals surface area contributed by atoms with Crippen molar-refractivity contribution in [2.75, 3.05) is 11.9 Å². The predicted molar refractivity (Wildman–Crippen MR) is 51.8 cm³/mol. The molecule has 1 aliphatic rings. The number of ether oxygens (including phenoxy) is 1. The van der Waals surface area contributed by atoms with Crippen LogP contribution >= 0.6 is 0 Å². The van der Waals surface area contributed by atoms with E-state index in [-0.39, 0.29) is 13.9 Å². The van der Waals surface area contributed by atoms with Crippen LogP contribution in [0, 0.1) is 0 Å². The van der Waals surface area contributed by atoms with Crippen molar-refractivity contribution in [1.82, 2.24) is 4.98 Å². The van der Waals surface area contributed by atoms with Gasteiger partial charge in [-0.1, -0.05) is 13.8 Å². The van der Waals surface area contributed by atoms with E-state index < -0.39 is 0 Å². The standard InChI is InChI=1S/C7H6N2O2.C2H6.H2/c10-6-4-11-5-2-1-3-8-7(5)9-6;1-2;/h1-3H,4H2,(H,8,9,10);1-2H3;1H. The van der Waals surface area contributed by atoms with E-state index in [1.165, 1.54) is 0 Å². The van der Waals surface area contributed by atoms with Gasteiger partial charge in [-0.3, -0.25) is 4.79 Å². The van der Waals surface area contributed by atoms with Crippen molar-refractivity contribution in [2.24, 2.45) is 0 Å². The van der Waals surface area contributed by atoms with E-state index in [0.717, 1.165) is 0 Å². The van der Waals surface area contributed by atoms with E-state index >= 15 is 0 Å². The monoisotopic (exact) mass is 182 g/mol. The summed E-state index contributed by atoms with van der Waals surface area (Å²) in [7, 11) is 0. The number of carbonyl (C=O) groups is 1. The van der Waals surface area contributed by atoms with E-state index in [9.17, 15) is 4.79 Å². The molecule has 0 saturated heterocycles. The summed E-state index contributed by atoms with van der Waals surface area (Å²) in [4.78, 5) is 14.7. The minimum absolute atomic E-state index is 0. The lowest BCUT2D eigenvalue weighted by atomic mass is 10.4. The van der Waals surface area contributed by atoms with Crippen LogP contribution < -0.4 is 10.1 Å². The molecule has 0 saturated carbocycles. The summed E-state index contributed by atoms with van der Waals surface area (Å²) in [5.41, 5.74) is 0. The second kappa shape index (κ2) is 4.45. The van der Waals surface area contributed by atoms with Crippen LogP contribution in [0.25, 0.3) is 0 Å². The van der Waals surface area contributed by atoms with Crippen molar-refractivity contribution in [3.63, 3.8) is 0 Å². The van der Waals surface area contributed by atoms with Gasteiger partial charge in [0, 0.05) is 7.62 Å². The minimum atomic E-state index is -0.156. The highest BCUT2D eigenvalue weighted by Gasteiger charge is 2.15. The fraction of sp³-hybridized carbons (Fsp3) is 0.333. The van der Waals surface area contributed by atoms with E-state index in [1.807, 2.05) is 13.8 Å². The van der Waals surface area contributed by atoms with Crippen LogP contribution in [-0.4, -0.2) is 17.5 Å². The zero-order valence-corrected chi connectivity index (χ0v) is 7.70. The Balaban J connectivity index is 0.000000531. The van der Waals surface area contributed by atoms with Gasteiger partial charge in [0.15, 0.2) is 18.2 Å².